The lowest BCUT2D eigenvalue weighted by Gasteiger charge is -2.34. The summed E-state index contributed by atoms with van der Waals surface area (Å²) in [7, 11) is 1.93. The third-order valence-electron chi connectivity index (χ3n) is 9.85. The zero-order valence-electron chi connectivity index (χ0n) is 28.9. The number of ether oxygens (including phenoxy) is 1. The van der Waals surface area contributed by atoms with Crippen molar-refractivity contribution in [3.8, 4) is 16.9 Å². The Bertz CT molecular complexity index is 2350. The van der Waals surface area contributed by atoms with Gasteiger partial charge in [-0.25, -0.2) is 4.98 Å². The van der Waals surface area contributed by atoms with Crippen molar-refractivity contribution < 1.29 is 14.3 Å². The number of rotatable bonds is 8. The Balaban J connectivity index is 1.37. The number of primary amides is 1. The average molecular weight is 710 g/mol. The minimum Gasteiger partial charge on any atom is -0.494 e. The molecule has 1 aliphatic heterocycles. The summed E-state index contributed by atoms with van der Waals surface area (Å²) in [5.74, 6) is 0.634. The van der Waals surface area contributed by atoms with Crippen LogP contribution < -0.4 is 15.4 Å². The number of halogens is 2. The number of carbonyl (C=O) groups excluding carboxylic acids is 2. The van der Waals surface area contributed by atoms with Crippen molar-refractivity contribution in [1.29, 1.82) is 0 Å². The highest BCUT2D eigenvalue weighted by Gasteiger charge is 2.37. The van der Waals surface area contributed by atoms with Crippen LogP contribution in [0.4, 0.5) is 5.82 Å². The van der Waals surface area contributed by atoms with E-state index in [0.717, 1.165) is 71.7 Å². The average Bonchev–Trinajstić information content (AvgIpc) is 3.55. The number of nitrogens with two attached hydrogens (primary N) is 1. The van der Waals surface area contributed by atoms with E-state index < -0.39 is 5.91 Å². The smallest absolute Gasteiger partial charge is 0.276 e. The van der Waals surface area contributed by atoms with E-state index in [2.05, 4.69) is 11.5 Å². The van der Waals surface area contributed by atoms with Gasteiger partial charge in [0.2, 0.25) is 5.91 Å². The van der Waals surface area contributed by atoms with Crippen molar-refractivity contribution in [3.05, 3.63) is 104 Å². The van der Waals surface area contributed by atoms with Crippen LogP contribution in [0.1, 0.15) is 68.3 Å². The van der Waals surface area contributed by atoms with Gasteiger partial charge in [-0.1, -0.05) is 29.3 Å². The molecule has 0 bridgehead atoms. The summed E-state index contributed by atoms with van der Waals surface area (Å²) in [6.45, 7) is 10.9. The Morgan fingerprint density at radius 1 is 1.00 bits per heavy atom. The number of hydrogen-bond acceptors (Lipinski definition) is 5. The van der Waals surface area contributed by atoms with Gasteiger partial charge < -0.3 is 15.0 Å². The molecule has 0 fully saturated rings. The molecule has 256 valence electrons. The van der Waals surface area contributed by atoms with E-state index in [9.17, 15) is 9.59 Å². The Kier molecular flexibility index (Phi) is 8.60. The molecule has 0 aliphatic carbocycles. The van der Waals surface area contributed by atoms with Crippen molar-refractivity contribution in [2.24, 2.45) is 12.8 Å². The zero-order chi connectivity index (χ0) is 35.6. The third-order valence-corrected chi connectivity index (χ3v) is 10.8. The van der Waals surface area contributed by atoms with Crippen LogP contribution in [0.25, 0.3) is 32.8 Å². The van der Waals surface area contributed by atoms with Gasteiger partial charge in [0.1, 0.15) is 17.3 Å². The largest absolute Gasteiger partial charge is 0.494 e. The van der Waals surface area contributed by atoms with E-state index in [4.69, 9.17) is 43.8 Å². The number of pyridine rings is 1. The molecule has 0 unspecified atom stereocenters. The SMILES string of the molecule is Cc1cc(OCCCc2c3n(c4c(-c5c(C)nn(C)c5C)c(Cl)ccc24)[C@H](C)CN(c2nccc4cc(C(N)=O)ccc24)C3=O)cc(C)c1Cl. The molecule has 2 N–H and O–H groups in total. The van der Waals surface area contributed by atoms with Crippen LogP contribution in [0, 0.1) is 27.7 Å². The summed E-state index contributed by atoms with van der Waals surface area (Å²) in [6.07, 6.45) is 2.92. The molecule has 11 heteroatoms. The second-order valence-electron chi connectivity index (χ2n) is 13.2. The summed E-state index contributed by atoms with van der Waals surface area (Å²) in [4.78, 5) is 33.3. The molecular weight excluding hydrogens is 671 g/mol. The molecule has 4 heterocycles. The topological polar surface area (TPSA) is 108 Å². The van der Waals surface area contributed by atoms with Gasteiger partial charge >= 0.3 is 0 Å². The predicted molar refractivity (Wildman–Crippen MR) is 200 cm³/mol. The molecule has 1 atom stereocenters. The minimum atomic E-state index is -0.513. The van der Waals surface area contributed by atoms with Crippen molar-refractivity contribution in [2.75, 3.05) is 18.1 Å². The number of hydrogen-bond donors (Lipinski definition) is 1. The normalized spacial score (nSPS) is 14.5. The first-order valence-corrected chi connectivity index (χ1v) is 17.4. The number of anilines is 1. The van der Waals surface area contributed by atoms with Crippen LogP contribution in [0.5, 0.6) is 5.75 Å². The molecule has 0 saturated heterocycles. The van der Waals surface area contributed by atoms with Crippen LogP contribution in [0.2, 0.25) is 10.0 Å². The van der Waals surface area contributed by atoms with Crippen LogP contribution >= 0.6 is 23.2 Å². The van der Waals surface area contributed by atoms with Crippen LogP contribution in [-0.2, 0) is 13.5 Å². The summed E-state index contributed by atoms with van der Waals surface area (Å²) in [6, 6.07) is 14.8. The fourth-order valence-electron chi connectivity index (χ4n) is 7.44. The van der Waals surface area contributed by atoms with Gasteiger partial charge in [-0.3, -0.25) is 19.2 Å². The Labute approximate surface area is 300 Å². The fraction of sp³-hybridized carbons (Fsp3) is 0.282. The number of aromatic nitrogens is 4. The van der Waals surface area contributed by atoms with Crippen LogP contribution in [0.15, 0.2) is 54.7 Å². The van der Waals surface area contributed by atoms with E-state index in [1.165, 1.54) is 0 Å². The van der Waals surface area contributed by atoms with Crippen molar-refractivity contribution in [1.82, 2.24) is 19.3 Å². The molecule has 0 saturated carbocycles. The summed E-state index contributed by atoms with van der Waals surface area (Å²) >= 11 is 13.5. The number of benzene rings is 3. The van der Waals surface area contributed by atoms with Crippen LogP contribution in [-0.4, -0.2) is 44.3 Å². The second-order valence-corrected chi connectivity index (χ2v) is 14.0. The summed E-state index contributed by atoms with van der Waals surface area (Å²) < 4.78 is 10.2. The zero-order valence-corrected chi connectivity index (χ0v) is 30.4. The lowest BCUT2D eigenvalue weighted by atomic mass is 9.98. The maximum Gasteiger partial charge on any atom is 0.276 e. The van der Waals surface area contributed by atoms with E-state index in [1.54, 1.807) is 23.2 Å². The minimum absolute atomic E-state index is 0.133. The molecule has 7 rings (SSSR count). The number of nitrogens with zero attached hydrogens (tertiary/aromatic N) is 5. The van der Waals surface area contributed by atoms with E-state index in [0.29, 0.717) is 48.1 Å². The highest BCUT2D eigenvalue weighted by molar-refractivity contribution is 6.35. The standard InChI is InChI=1S/C39H38Cl2N6O3/c1-20-16-27(17-21(2)34(20)41)50-15-7-8-29-30-11-12-31(40)33(32-23(4)44-45(6)24(32)5)35(30)47-22(3)19-46(39(49)36(29)47)38-28-10-9-26(37(42)48)18-25(28)13-14-43-38/h9-14,16-18,22H,7-8,15,19H2,1-6H3,(H2,42,48)/t22-/m1/s1. The lowest BCUT2D eigenvalue weighted by molar-refractivity contribution is 0.0955. The van der Waals surface area contributed by atoms with Crippen molar-refractivity contribution >= 4 is 62.5 Å². The van der Waals surface area contributed by atoms with Crippen molar-refractivity contribution in [3.63, 3.8) is 0 Å². The summed E-state index contributed by atoms with van der Waals surface area (Å²) in [5, 5.41) is 8.55. The highest BCUT2D eigenvalue weighted by atomic mass is 35.5. The first-order valence-electron chi connectivity index (χ1n) is 16.6. The first kappa shape index (κ1) is 33.6. The molecule has 2 amide bonds. The van der Waals surface area contributed by atoms with Gasteiger partial charge in [-0.05, 0) is 112 Å². The molecule has 6 aromatic rings. The number of carbonyl (C=O) groups is 2. The summed E-state index contributed by atoms with van der Waals surface area (Å²) in [5.41, 5.74) is 14.0. The quantitative estimate of drug-likeness (QED) is 0.160. The van der Waals surface area contributed by atoms with E-state index in [-0.39, 0.29) is 11.9 Å². The molecule has 9 nitrogen and oxygen atoms in total. The van der Waals surface area contributed by atoms with E-state index >= 15 is 0 Å². The van der Waals surface area contributed by atoms with Gasteiger partial charge in [0.05, 0.1) is 22.8 Å². The monoisotopic (exact) mass is 708 g/mol. The predicted octanol–water partition coefficient (Wildman–Crippen LogP) is 8.46. The molecule has 3 aromatic carbocycles. The maximum atomic E-state index is 14.9. The molecule has 3 aromatic heterocycles. The Morgan fingerprint density at radius 2 is 1.72 bits per heavy atom. The molecule has 1 aliphatic rings. The van der Waals surface area contributed by atoms with E-state index in [1.807, 2.05) is 75.8 Å². The fourth-order valence-corrected chi connectivity index (χ4v) is 7.80. The maximum absolute atomic E-state index is 14.9. The molecular formula is C39H38Cl2N6O3. The van der Waals surface area contributed by atoms with Gasteiger partial charge in [0.15, 0.2) is 0 Å². The van der Waals surface area contributed by atoms with Crippen LogP contribution in [0.3, 0.4) is 0 Å². The number of fused-ring (bicyclic) bond motifs is 4. The Hall–Kier alpha value is -4.86. The van der Waals surface area contributed by atoms with Gasteiger partial charge in [0.25, 0.3) is 5.91 Å². The lowest BCUT2D eigenvalue weighted by Crippen LogP contribution is -2.43. The first-order chi connectivity index (χ1) is 23.9. The van der Waals surface area contributed by atoms with Gasteiger partial charge in [-0.15, -0.1) is 0 Å². The third kappa shape index (κ3) is 5.49. The molecule has 0 radical (unpaired) electrons. The Morgan fingerprint density at radius 3 is 2.40 bits per heavy atom. The number of amides is 2. The van der Waals surface area contributed by atoms with Gasteiger partial charge in [0, 0.05) is 64.0 Å². The van der Waals surface area contributed by atoms with Gasteiger partial charge in [-0.2, -0.15) is 5.10 Å². The van der Waals surface area contributed by atoms with Crippen molar-refractivity contribution in [2.45, 2.75) is 53.5 Å². The molecule has 50 heavy (non-hydrogen) atoms. The molecule has 0 spiro atoms. The second kappa shape index (κ2) is 12.8. The highest BCUT2D eigenvalue weighted by Crippen LogP contribution is 2.45. The number of aryl methyl sites for hydroxylation is 5.